The summed E-state index contributed by atoms with van der Waals surface area (Å²) in [6.07, 6.45) is 4.24. The van der Waals surface area contributed by atoms with E-state index in [-0.39, 0.29) is 10.9 Å². The summed E-state index contributed by atoms with van der Waals surface area (Å²) >= 11 is 3.49. The molecule has 1 aromatic rings. The van der Waals surface area contributed by atoms with Crippen LogP contribution in [0.25, 0.3) is 0 Å². The van der Waals surface area contributed by atoms with E-state index in [0.29, 0.717) is 11.8 Å². The van der Waals surface area contributed by atoms with Crippen LogP contribution in [0.4, 0.5) is 0 Å². The van der Waals surface area contributed by atoms with Crippen molar-refractivity contribution in [3.8, 4) is 0 Å². The van der Waals surface area contributed by atoms with Gasteiger partial charge in [-0.05, 0) is 25.7 Å². The third-order valence-corrected chi connectivity index (χ3v) is 3.58. The molecule has 0 radical (unpaired) electrons. The Morgan fingerprint density at radius 3 is 3.00 bits per heavy atom. The van der Waals surface area contributed by atoms with Crippen LogP contribution in [0.1, 0.15) is 55.3 Å². The molecule has 15 heavy (non-hydrogen) atoms. The van der Waals surface area contributed by atoms with E-state index in [0.717, 1.165) is 25.9 Å². The molecule has 1 fully saturated rings. The minimum absolute atomic E-state index is 0.0107. The summed E-state index contributed by atoms with van der Waals surface area (Å²) in [4.78, 5) is 0.155. The second-order valence-electron chi connectivity index (χ2n) is 3.71. The van der Waals surface area contributed by atoms with E-state index >= 15 is 0 Å². The van der Waals surface area contributed by atoms with Gasteiger partial charge < -0.3 is 9.15 Å². The van der Waals surface area contributed by atoms with Crippen molar-refractivity contribution in [2.45, 2.75) is 43.5 Å². The van der Waals surface area contributed by atoms with E-state index in [2.05, 4.69) is 33.1 Å². The quantitative estimate of drug-likeness (QED) is 0.795. The molecule has 0 saturated carbocycles. The third-order valence-electron chi connectivity index (χ3n) is 2.54. The highest BCUT2D eigenvalue weighted by molar-refractivity contribution is 9.09. The zero-order valence-corrected chi connectivity index (χ0v) is 10.4. The fraction of sp³-hybridized carbons (Fsp3) is 0.800. The lowest BCUT2D eigenvalue weighted by Gasteiger charge is -2.18. The normalized spacial score (nSPS) is 24.0. The Hall–Kier alpha value is -0.420. The molecule has 5 heteroatoms. The lowest BCUT2D eigenvalue weighted by atomic mass is 10.1. The molecule has 2 atom stereocenters. The first-order valence-electron chi connectivity index (χ1n) is 5.40. The molecule has 1 saturated heterocycles. The van der Waals surface area contributed by atoms with Gasteiger partial charge in [-0.3, -0.25) is 0 Å². The summed E-state index contributed by atoms with van der Waals surface area (Å²) in [5.74, 6) is 1.28. The fourth-order valence-electron chi connectivity index (χ4n) is 1.61. The van der Waals surface area contributed by atoms with Crippen LogP contribution in [-0.2, 0) is 4.74 Å². The highest BCUT2D eigenvalue weighted by Crippen LogP contribution is 2.30. The topological polar surface area (TPSA) is 48.2 Å². The van der Waals surface area contributed by atoms with Crippen molar-refractivity contribution in [3.05, 3.63) is 11.8 Å². The van der Waals surface area contributed by atoms with Gasteiger partial charge in [-0.1, -0.05) is 22.9 Å². The Morgan fingerprint density at radius 1 is 1.47 bits per heavy atom. The molecule has 4 nitrogen and oxygen atoms in total. The number of nitrogens with zero attached hydrogens (tertiary/aromatic N) is 2. The Kier molecular flexibility index (Phi) is 3.75. The van der Waals surface area contributed by atoms with Crippen LogP contribution in [0.5, 0.6) is 0 Å². The summed E-state index contributed by atoms with van der Waals surface area (Å²) in [6, 6.07) is 0. The van der Waals surface area contributed by atoms with Gasteiger partial charge in [0.05, 0.1) is 4.83 Å². The van der Waals surface area contributed by atoms with Gasteiger partial charge in [0.2, 0.25) is 11.8 Å². The minimum atomic E-state index is 0.0107. The van der Waals surface area contributed by atoms with E-state index in [9.17, 15) is 0 Å². The number of hydrogen-bond acceptors (Lipinski definition) is 4. The van der Waals surface area contributed by atoms with Gasteiger partial charge in [0.25, 0.3) is 0 Å². The Labute approximate surface area is 97.5 Å². The van der Waals surface area contributed by atoms with E-state index in [1.54, 1.807) is 0 Å². The molecule has 1 aromatic heterocycles. The summed E-state index contributed by atoms with van der Waals surface area (Å²) in [5, 5.41) is 8.06. The molecule has 0 bridgehead atoms. The number of ether oxygens (including phenoxy) is 1. The number of alkyl halides is 1. The first kappa shape index (κ1) is 11.1. The lowest BCUT2D eigenvalue weighted by Crippen LogP contribution is -2.11. The van der Waals surface area contributed by atoms with E-state index in [1.807, 2.05) is 0 Å². The maximum Gasteiger partial charge on any atom is 0.245 e. The largest absolute Gasteiger partial charge is 0.421 e. The average molecular weight is 275 g/mol. The van der Waals surface area contributed by atoms with Crippen molar-refractivity contribution in [1.82, 2.24) is 10.2 Å². The molecule has 2 heterocycles. The molecule has 84 valence electrons. The number of aromatic nitrogens is 2. The summed E-state index contributed by atoms with van der Waals surface area (Å²) in [6.45, 7) is 2.87. The van der Waals surface area contributed by atoms with Crippen LogP contribution in [0.15, 0.2) is 4.42 Å². The number of halogens is 1. The van der Waals surface area contributed by atoms with Gasteiger partial charge in [-0.15, -0.1) is 10.2 Å². The van der Waals surface area contributed by atoms with E-state index in [1.165, 1.54) is 6.42 Å². The first-order chi connectivity index (χ1) is 7.31. The minimum Gasteiger partial charge on any atom is -0.421 e. The van der Waals surface area contributed by atoms with Crippen molar-refractivity contribution in [3.63, 3.8) is 0 Å². The molecule has 0 spiro atoms. The molecule has 2 unspecified atom stereocenters. The summed E-state index contributed by atoms with van der Waals surface area (Å²) in [5.41, 5.74) is 0. The molecule has 1 aliphatic rings. The molecular weight excluding hydrogens is 260 g/mol. The Balaban J connectivity index is 2.05. The van der Waals surface area contributed by atoms with Crippen LogP contribution in [-0.4, -0.2) is 16.8 Å². The molecule has 2 rings (SSSR count). The van der Waals surface area contributed by atoms with Gasteiger partial charge in [0, 0.05) is 6.61 Å². The predicted molar refractivity (Wildman–Crippen MR) is 58.8 cm³/mol. The zero-order chi connectivity index (χ0) is 10.7. The van der Waals surface area contributed by atoms with Gasteiger partial charge in [-0.2, -0.15) is 0 Å². The third kappa shape index (κ3) is 2.58. The Bertz CT molecular complexity index is 310. The van der Waals surface area contributed by atoms with Crippen LogP contribution in [0.3, 0.4) is 0 Å². The van der Waals surface area contributed by atoms with E-state index in [4.69, 9.17) is 9.15 Å². The molecule has 1 aliphatic heterocycles. The number of hydrogen-bond donors (Lipinski definition) is 0. The van der Waals surface area contributed by atoms with Crippen molar-refractivity contribution in [2.75, 3.05) is 6.61 Å². The standard InChI is InChI=1S/C10H15BrN2O2/c1-2-7(11)9-12-13-10(15-9)8-5-3-4-6-14-8/h7-8H,2-6H2,1H3. The van der Waals surface area contributed by atoms with Crippen molar-refractivity contribution in [2.24, 2.45) is 0 Å². The second-order valence-corrected chi connectivity index (χ2v) is 4.81. The predicted octanol–water partition coefficient (Wildman–Crippen LogP) is 3.16. The van der Waals surface area contributed by atoms with Crippen molar-refractivity contribution >= 4 is 15.9 Å². The maximum absolute atomic E-state index is 5.58. The monoisotopic (exact) mass is 274 g/mol. The highest BCUT2D eigenvalue weighted by atomic mass is 79.9. The number of rotatable bonds is 3. The molecule has 0 N–H and O–H groups in total. The van der Waals surface area contributed by atoms with Crippen molar-refractivity contribution in [1.29, 1.82) is 0 Å². The summed E-state index contributed by atoms with van der Waals surface area (Å²) < 4.78 is 11.2. The molecule has 0 aliphatic carbocycles. The van der Waals surface area contributed by atoms with Crippen LogP contribution in [0, 0.1) is 0 Å². The van der Waals surface area contributed by atoms with Gasteiger partial charge >= 0.3 is 0 Å². The van der Waals surface area contributed by atoms with Gasteiger partial charge in [0.1, 0.15) is 6.10 Å². The average Bonchev–Trinajstić information content (AvgIpc) is 2.78. The van der Waals surface area contributed by atoms with Gasteiger partial charge in [0.15, 0.2) is 0 Å². The fourth-order valence-corrected chi connectivity index (χ4v) is 1.80. The van der Waals surface area contributed by atoms with Crippen molar-refractivity contribution < 1.29 is 9.15 Å². The van der Waals surface area contributed by atoms with Gasteiger partial charge in [-0.25, -0.2) is 0 Å². The lowest BCUT2D eigenvalue weighted by molar-refractivity contribution is -0.00211. The molecule has 0 aromatic carbocycles. The first-order valence-corrected chi connectivity index (χ1v) is 6.31. The van der Waals surface area contributed by atoms with Crippen LogP contribution < -0.4 is 0 Å². The van der Waals surface area contributed by atoms with Crippen LogP contribution >= 0.6 is 15.9 Å². The smallest absolute Gasteiger partial charge is 0.245 e. The maximum atomic E-state index is 5.58. The zero-order valence-electron chi connectivity index (χ0n) is 8.78. The molecule has 0 amide bonds. The summed E-state index contributed by atoms with van der Waals surface area (Å²) in [7, 11) is 0. The SMILES string of the molecule is CCC(Br)c1nnc(C2CCCCO2)o1. The second kappa shape index (κ2) is 5.07. The molecular formula is C10H15BrN2O2. The van der Waals surface area contributed by atoms with Crippen LogP contribution in [0.2, 0.25) is 0 Å². The highest BCUT2D eigenvalue weighted by Gasteiger charge is 2.23. The Morgan fingerprint density at radius 2 is 2.33 bits per heavy atom. The van der Waals surface area contributed by atoms with E-state index < -0.39 is 0 Å².